The van der Waals surface area contributed by atoms with E-state index in [0.29, 0.717) is 16.9 Å². The number of carbonyl (C=O) groups is 2. The third-order valence-corrected chi connectivity index (χ3v) is 4.03. The number of fused-ring (bicyclic) bond motifs is 1. The molecule has 1 aliphatic heterocycles. The number of carbonyl (C=O) groups excluding carboxylic acids is 1. The van der Waals surface area contributed by atoms with Crippen molar-refractivity contribution in [2.75, 3.05) is 0 Å². The molecular formula is C18H16FNO4. The maximum atomic E-state index is 13.2. The summed E-state index contributed by atoms with van der Waals surface area (Å²) >= 11 is 0. The summed E-state index contributed by atoms with van der Waals surface area (Å²) < 4.78 is 18.8. The van der Waals surface area contributed by atoms with Crippen LogP contribution < -0.4 is 4.74 Å². The molecule has 124 valence electrons. The lowest BCUT2D eigenvalue weighted by Crippen LogP contribution is -2.38. The molecule has 2 aromatic rings. The molecule has 24 heavy (non-hydrogen) atoms. The summed E-state index contributed by atoms with van der Waals surface area (Å²) in [6.07, 6.45) is 0. The number of hydrogen-bond donors (Lipinski definition) is 1. The molecule has 1 atom stereocenters. The molecule has 6 heteroatoms. The predicted octanol–water partition coefficient (Wildman–Crippen LogP) is 2.83. The molecule has 0 aliphatic carbocycles. The third kappa shape index (κ3) is 3.08. The van der Waals surface area contributed by atoms with Crippen molar-refractivity contribution in [2.45, 2.75) is 26.1 Å². The van der Waals surface area contributed by atoms with E-state index in [0.717, 1.165) is 5.56 Å². The maximum Gasteiger partial charge on any atom is 0.326 e. The second kappa shape index (κ2) is 6.31. The number of rotatable bonds is 5. The van der Waals surface area contributed by atoms with Gasteiger partial charge in [-0.3, -0.25) is 4.79 Å². The quantitative estimate of drug-likeness (QED) is 0.916. The number of ether oxygens (including phenoxy) is 1. The van der Waals surface area contributed by atoms with Gasteiger partial charge in [-0.2, -0.15) is 0 Å². The Morgan fingerprint density at radius 2 is 2.12 bits per heavy atom. The lowest BCUT2D eigenvalue weighted by Gasteiger charge is -2.19. The molecule has 1 heterocycles. The van der Waals surface area contributed by atoms with Crippen LogP contribution in [-0.4, -0.2) is 27.9 Å². The van der Waals surface area contributed by atoms with Crippen LogP contribution in [0, 0.1) is 5.82 Å². The molecule has 3 rings (SSSR count). The van der Waals surface area contributed by atoms with Crippen LogP contribution >= 0.6 is 0 Å². The van der Waals surface area contributed by atoms with Crippen LogP contribution in [0.15, 0.2) is 42.5 Å². The molecule has 1 aliphatic rings. The molecule has 1 amide bonds. The van der Waals surface area contributed by atoms with Crippen molar-refractivity contribution in [1.82, 2.24) is 4.90 Å². The van der Waals surface area contributed by atoms with Crippen molar-refractivity contribution in [3.63, 3.8) is 0 Å². The lowest BCUT2D eigenvalue weighted by molar-refractivity contribution is -0.141. The van der Waals surface area contributed by atoms with E-state index in [1.807, 2.05) is 0 Å². The van der Waals surface area contributed by atoms with E-state index in [1.54, 1.807) is 30.3 Å². The monoisotopic (exact) mass is 329 g/mol. The third-order valence-electron chi connectivity index (χ3n) is 4.03. The normalized spacial score (nSPS) is 14.4. The topological polar surface area (TPSA) is 66.8 Å². The molecule has 0 saturated heterocycles. The van der Waals surface area contributed by atoms with Crippen LogP contribution in [-0.2, 0) is 17.9 Å². The zero-order valence-corrected chi connectivity index (χ0v) is 13.0. The SMILES string of the molecule is CC(C(=O)O)N1Cc2cc(OCc3cccc(F)c3)ccc2C1=O. The fraction of sp³-hybridized carbons (Fsp3) is 0.222. The molecule has 0 bridgehead atoms. The van der Waals surface area contributed by atoms with Gasteiger partial charge >= 0.3 is 5.97 Å². The highest BCUT2D eigenvalue weighted by Crippen LogP contribution is 2.28. The molecule has 0 spiro atoms. The zero-order valence-electron chi connectivity index (χ0n) is 13.0. The van der Waals surface area contributed by atoms with E-state index >= 15 is 0 Å². The van der Waals surface area contributed by atoms with Crippen LogP contribution in [0.1, 0.15) is 28.4 Å². The van der Waals surface area contributed by atoms with E-state index in [9.17, 15) is 14.0 Å². The van der Waals surface area contributed by atoms with Gasteiger partial charge in [0.15, 0.2) is 0 Å². The smallest absolute Gasteiger partial charge is 0.326 e. The second-order valence-corrected chi connectivity index (χ2v) is 5.68. The van der Waals surface area contributed by atoms with Crippen LogP contribution in [0.25, 0.3) is 0 Å². The van der Waals surface area contributed by atoms with E-state index in [-0.39, 0.29) is 24.9 Å². The number of amides is 1. The molecule has 0 saturated carbocycles. The molecule has 0 radical (unpaired) electrons. The first-order valence-electron chi connectivity index (χ1n) is 7.49. The Balaban J connectivity index is 1.73. The Kier molecular flexibility index (Phi) is 4.20. The number of halogens is 1. The summed E-state index contributed by atoms with van der Waals surface area (Å²) in [5, 5.41) is 9.08. The summed E-state index contributed by atoms with van der Waals surface area (Å²) in [6.45, 7) is 1.92. The molecule has 0 aromatic heterocycles. The average Bonchev–Trinajstić information content (AvgIpc) is 2.88. The average molecular weight is 329 g/mol. The van der Waals surface area contributed by atoms with Crippen molar-refractivity contribution in [3.8, 4) is 5.75 Å². The number of carboxylic acids is 1. The number of nitrogens with zero attached hydrogens (tertiary/aromatic N) is 1. The summed E-state index contributed by atoms with van der Waals surface area (Å²) in [5.74, 6) is -1.11. The highest BCUT2D eigenvalue weighted by molar-refractivity contribution is 6.00. The van der Waals surface area contributed by atoms with Gasteiger partial charge in [-0.25, -0.2) is 9.18 Å². The van der Waals surface area contributed by atoms with Crippen molar-refractivity contribution in [3.05, 3.63) is 65.0 Å². The number of benzene rings is 2. The van der Waals surface area contributed by atoms with E-state index in [4.69, 9.17) is 9.84 Å². The van der Waals surface area contributed by atoms with E-state index in [2.05, 4.69) is 0 Å². The van der Waals surface area contributed by atoms with Gasteiger partial charge in [0.25, 0.3) is 5.91 Å². The van der Waals surface area contributed by atoms with Gasteiger partial charge in [-0.1, -0.05) is 12.1 Å². The Morgan fingerprint density at radius 3 is 2.83 bits per heavy atom. The Morgan fingerprint density at radius 1 is 1.33 bits per heavy atom. The molecule has 0 fully saturated rings. The molecule has 5 nitrogen and oxygen atoms in total. The van der Waals surface area contributed by atoms with Crippen molar-refractivity contribution < 1.29 is 23.8 Å². The fourth-order valence-corrected chi connectivity index (χ4v) is 2.65. The first-order valence-corrected chi connectivity index (χ1v) is 7.49. The van der Waals surface area contributed by atoms with E-state index < -0.39 is 12.0 Å². The van der Waals surface area contributed by atoms with E-state index in [1.165, 1.54) is 24.0 Å². The Labute approximate surface area is 138 Å². The van der Waals surface area contributed by atoms with Gasteiger partial charge in [0.2, 0.25) is 0 Å². The van der Waals surface area contributed by atoms with Gasteiger partial charge in [-0.05, 0) is 48.4 Å². The van der Waals surface area contributed by atoms with Gasteiger partial charge in [0.05, 0.1) is 0 Å². The molecular weight excluding hydrogens is 313 g/mol. The van der Waals surface area contributed by atoms with Crippen LogP contribution in [0.3, 0.4) is 0 Å². The number of aliphatic carboxylic acids is 1. The highest BCUT2D eigenvalue weighted by Gasteiger charge is 2.33. The van der Waals surface area contributed by atoms with Crippen molar-refractivity contribution >= 4 is 11.9 Å². The first-order chi connectivity index (χ1) is 11.5. The standard InChI is InChI=1S/C18H16FNO4/c1-11(18(22)23)20-9-13-8-15(5-6-16(13)17(20)21)24-10-12-3-2-4-14(19)7-12/h2-8,11H,9-10H2,1H3,(H,22,23). The Bertz CT molecular complexity index is 805. The fourth-order valence-electron chi connectivity index (χ4n) is 2.65. The highest BCUT2D eigenvalue weighted by atomic mass is 19.1. The zero-order chi connectivity index (χ0) is 17.3. The maximum absolute atomic E-state index is 13.2. The lowest BCUT2D eigenvalue weighted by atomic mass is 10.1. The van der Waals surface area contributed by atoms with Crippen LogP contribution in [0.5, 0.6) is 5.75 Å². The summed E-state index contributed by atoms with van der Waals surface area (Å²) in [6, 6.07) is 10.3. The van der Waals surface area contributed by atoms with Crippen LogP contribution in [0.2, 0.25) is 0 Å². The van der Waals surface area contributed by atoms with Crippen molar-refractivity contribution in [1.29, 1.82) is 0 Å². The summed E-state index contributed by atoms with van der Waals surface area (Å²) in [5.41, 5.74) is 1.92. The minimum absolute atomic E-state index is 0.208. The number of hydrogen-bond acceptors (Lipinski definition) is 3. The predicted molar refractivity (Wildman–Crippen MR) is 84.1 cm³/mol. The second-order valence-electron chi connectivity index (χ2n) is 5.68. The van der Waals surface area contributed by atoms with Gasteiger partial charge in [-0.15, -0.1) is 0 Å². The minimum atomic E-state index is -1.04. The molecule has 1 unspecified atom stereocenters. The van der Waals surface area contributed by atoms with Gasteiger partial charge in [0, 0.05) is 12.1 Å². The molecule has 2 aromatic carbocycles. The van der Waals surface area contributed by atoms with Gasteiger partial charge < -0.3 is 14.7 Å². The van der Waals surface area contributed by atoms with Crippen LogP contribution in [0.4, 0.5) is 4.39 Å². The van der Waals surface area contributed by atoms with Crippen molar-refractivity contribution in [2.24, 2.45) is 0 Å². The molecule has 1 N–H and O–H groups in total. The summed E-state index contributed by atoms with van der Waals surface area (Å²) in [7, 11) is 0. The largest absolute Gasteiger partial charge is 0.489 e. The minimum Gasteiger partial charge on any atom is -0.489 e. The first kappa shape index (κ1) is 16.0. The summed E-state index contributed by atoms with van der Waals surface area (Å²) in [4.78, 5) is 24.6. The van der Waals surface area contributed by atoms with Gasteiger partial charge in [0.1, 0.15) is 24.2 Å². The Hall–Kier alpha value is -2.89. The number of carboxylic acid groups (broad SMARTS) is 1.